The summed E-state index contributed by atoms with van der Waals surface area (Å²) in [5, 5.41) is 0. The molecule has 0 bridgehead atoms. The molecule has 33 heavy (non-hydrogen) atoms. The van der Waals surface area contributed by atoms with E-state index < -0.39 is 0 Å². The lowest BCUT2D eigenvalue weighted by Crippen LogP contribution is -2.05. The van der Waals surface area contributed by atoms with E-state index in [1.807, 2.05) is 54.7 Å². The average molecular weight is 436 g/mol. The fourth-order valence-electron chi connectivity index (χ4n) is 3.66. The van der Waals surface area contributed by atoms with Crippen LogP contribution in [0.15, 0.2) is 97.3 Å². The Morgan fingerprint density at radius 1 is 0.697 bits per heavy atom. The molecule has 166 valence electrons. The number of nitrogens with zero attached hydrogens (tertiary/aromatic N) is 1. The summed E-state index contributed by atoms with van der Waals surface area (Å²) in [6.45, 7) is 5.36. The summed E-state index contributed by atoms with van der Waals surface area (Å²) in [6.07, 6.45) is 7.75. The van der Waals surface area contributed by atoms with Gasteiger partial charge in [-0.3, -0.25) is 4.98 Å². The van der Waals surface area contributed by atoms with Crippen LogP contribution in [0.3, 0.4) is 0 Å². The molecule has 4 rings (SSSR count). The molecule has 1 aromatic heterocycles. The molecule has 3 heteroatoms. The normalized spacial score (nSPS) is 11.1. The van der Waals surface area contributed by atoms with Crippen LogP contribution in [0.4, 0.5) is 0 Å². The standard InChI is InChI=1S/C30H29NO2/c1-23(2)30-28(32-21-25-10-5-3-6-11-25)18-27(16-15-24-14-9-17-31-20-24)19-29(30)33-22-26-12-7-4-8-13-26/h3-20,23H,21-22H2,1-2H3. The second-order valence-corrected chi connectivity index (χ2v) is 8.25. The van der Waals surface area contributed by atoms with Gasteiger partial charge in [-0.05, 0) is 46.4 Å². The van der Waals surface area contributed by atoms with Gasteiger partial charge in [0.2, 0.25) is 0 Å². The van der Waals surface area contributed by atoms with E-state index in [2.05, 4.69) is 67.4 Å². The summed E-state index contributed by atoms with van der Waals surface area (Å²) in [7, 11) is 0. The van der Waals surface area contributed by atoms with E-state index >= 15 is 0 Å². The van der Waals surface area contributed by atoms with Gasteiger partial charge < -0.3 is 9.47 Å². The highest BCUT2D eigenvalue weighted by Gasteiger charge is 2.17. The first-order chi connectivity index (χ1) is 16.2. The van der Waals surface area contributed by atoms with Crippen molar-refractivity contribution in [2.75, 3.05) is 0 Å². The highest BCUT2D eigenvalue weighted by molar-refractivity contribution is 5.71. The van der Waals surface area contributed by atoms with Gasteiger partial charge in [-0.15, -0.1) is 0 Å². The van der Waals surface area contributed by atoms with Gasteiger partial charge >= 0.3 is 0 Å². The number of benzene rings is 3. The minimum atomic E-state index is 0.248. The van der Waals surface area contributed by atoms with Crippen LogP contribution in [0, 0.1) is 0 Å². The highest BCUT2D eigenvalue weighted by Crippen LogP contribution is 2.38. The van der Waals surface area contributed by atoms with E-state index in [9.17, 15) is 0 Å². The van der Waals surface area contributed by atoms with Crippen molar-refractivity contribution in [2.45, 2.75) is 33.0 Å². The second-order valence-electron chi connectivity index (χ2n) is 8.25. The lowest BCUT2D eigenvalue weighted by atomic mass is 9.98. The van der Waals surface area contributed by atoms with Crippen LogP contribution in [-0.4, -0.2) is 4.98 Å². The summed E-state index contributed by atoms with van der Waals surface area (Å²) in [6, 6.07) is 28.6. The van der Waals surface area contributed by atoms with E-state index in [0.717, 1.165) is 39.3 Å². The topological polar surface area (TPSA) is 31.4 Å². The summed E-state index contributed by atoms with van der Waals surface area (Å²) in [5.74, 6) is 1.95. The predicted molar refractivity (Wildman–Crippen MR) is 135 cm³/mol. The third-order valence-corrected chi connectivity index (χ3v) is 5.33. The Hall–Kier alpha value is -3.85. The lowest BCUT2D eigenvalue weighted by Gasteiger charge is -2.20. The molecule has 0 aliphatic heterocycles. The van der Waals surface area contributed by atoms with Gasteiger partial charge in [0.15, 0.2) is 0 Å². The Bertz CT molecular complexity index is 1110. The molecule has 1 heterocycles. The Morgan fingerprint density at radius 2 is 1.24 bits per heavy atom. The molecule has 3 nitrogen and oxygen atoms in total. The fraction of sp³-hybridized carbons (Fsp3) is 0.167. The first-order valence-electron chi connectivity index (χ1n) is 11.3. The third kappa shape index (κ3) is 6.33. The number of rotatable bonds is 9. The van der Waals surface area contributed by atoms with E-state index in [-0.39, 0.29) is 5.92 Å². The maximum atomic E-state index is 6.34. The van der Waals surface area contributed by atoms with Crippen molar-refractivity contribution >= 4 is 12.2 Å². The number of hydrogen-bond acceptors (Lipinski definition) is 3. The van der Waals surface area contributed by atoms with Gasteiger partial charge in [-0.1, -0.05) is 92.7 Å². The van der Waals surface area contributed by atoms with Crippen molar-refractivity contribution in [1.29, 1.82) is 0 Å². The van der Waals surface area contributed by atoms with Gasteiger partial charge in [0, 0.05) is 18.0 Å². The van der Waals surface area contributed by atoms with Gasteiger partial charge in [0.1, 0.15) is 24.7 Å². The Labute approximate surface area is 196 Å². The van der Waals surface area contributed by atoms with E-state index in [1.165, 1.54) is 0 Å². The van der Waals surface area contributed by atoms with Crippen LogP contribution in [0.5, 0.6) is 11.5 Å². The zero-order valence-electron chi connectivity index (χ0n) is 19.1. The summed E-state index contributed by atoms with van der Waals surface area (Å²) in [4.78, 5) is 4.19. The number of ether oxygens (including phenoxy) is 2. The van der Waals surface area contributed by atoms with Crippen molar-refractivity contribution in [3.63, 3.8) is 0 Å². The first kappa shape index (κ1) is 22.3. The van der Waals surface area contributed by atoms with E-state index in [1.54, 1.807) is 6.20 Å². The van der Waals surface area contributed by atoms with Crippen LogP contribution in [0.2, 0.25) is 0 Å². The zero-order chi connectivity index (χ0) is 22.9. The van der Waals surface area contributed by atoms with Crippen molar-refractivity contribution in [3.05, 3.63) is 125 Å². The monoisotopic (exact) mass is 435 g/mol. The quantitative estimate of drug-likeness (QED) is 0.272. The number of hydrogen-bond donors (Lipinski definition) is 0. The molecule has 0 saturated carbocycles. The largest absolute Gasteiger partial charge is 0.488 e. The minimum absolute atomic E-state index is 0.248. The first-order valence-corrected chi connectivity index (χ1v) is 11.3. The SMILES string of the molecule is CC(C)c1c(OCc2ccccc2)cc(C=Cc2cccnc2)cc1OCc1ccccc1. The van der Waals surface area contributed by atoms with Crippen LogP contribution in [0.25, 0.3) is 12.2 Å². The van der Waals surface area contributed by atoms with Crippen LogP contribution >= 0.6 is 0 Å². The van der Waals surface area contributed by atoms with Crippen LogP contribution in [0.1, 0.15) is 47.6 Å². The maximum Gasteiger partial charge on any atom is 0.127 e. The Morgan fingerprint density at radius 3 is 1.73 bits per heavy atom. The third-order valence-electron chi connectivity index (χ3n) is 5.33. The highest BCUT2D eigenvalue weighted by atomic mass is 16.5. The lowest BCUT2D eigenvalue weighted by molar-refractivity contribution is 0.282. The molecule has 0 spiro atoms. The van der Waals surface area contributed by atoms with Gasteiger partial charge in [0.05, 0.1) is 0 Å². The van der Waals surface area contributed by atoms with Gasteiger partial charge in [-0.2, -0.15) is 0 Å². The molecule has 0 fully saturated rings. The van der Waals surface area contributed by atoms with Crippen molar-refractivity contribution in [1.82, 2.24) is 4.98 Å². The van der Waals surface area contributed by atoms with Crippen molar-refractivity contribution in [2.24, 2.45) is 0 Å². The molecule has 0 saturated heterocycles. The summed E-state index contributed by atoms with van der Waals surface area (Å²) >= 11 is 0. The molecule has 0 radical (unpaired) electrons. The predicted octanol–water partition coefficient (Wildman–Crippen LogP) is 7.53. The van der Waals surface area contributed by atoms with E-state index in [0.29, 0.717) is 13.2 Å². The van der Waals surface area contributed by atoms with Crippen molar-refractivity contribution < 1.29 is 9.47 Å². The number of pyridine rings is 1. The molecule has 0 aliphatic rings. The molecule has 0 atom stereocenters. The van der Waals surface area contributed by atoms with Gasteiger partial charge in [0.25, 0.3) is 0 Å². The molecule has 0 unspecified atom stereocenters. The van der Waals surface area contributed by atoms with Crippen LogP contribution < -0.4 is 9.47 Å². The molecular weight excluding hydrogens is 406 g/mol. The van der Waals surface area contributed by atoms with Crippen LogP contribution in [-0.2, 0) is 13.2 Å². The minimum Gasteiger partial charge on any atom is -0.488 e. The Balaban J connectivity index is 1.67. The molecule has 3 aromatic carbocycles. The fourth-order valence-corrected chi connectivity index (χ4v) is 3.66. The maximum absolute atomic E-state index is 6.34. The number of aromatic nitrogens is 1. The average Bonchev–Trinajstić information content (AvgIpc) is 2.86. The van der Waals surface area contributed by atoms with Crippen molar-refractivity contribution in [3.8, 4) is 11.5 Å². The molecular formula is C30H29NO2. The summed E-state index contributed by atoms with van der Waals surface area (Å²) < 4.78 is 12.7. The summed E-state index contributed by atoms with van der Waals surface area (Å²) in [5.41, 5.74) is 5.42. The molecule has 0 N–H and O–H groups in total. The van der Waals surface area contributed by atoms with Gasteiger partial charge in [-0.25, -0.2) is 0 Å². The molecule has 0 amide bonds. The Kier molecular flexibility index (Phi) is 7.55. The van der Waals surface area contributed by atoms with E-state index in [4.69, 9.17) is 9.47 Å². The zero-order valence-corrected chi connectivity index (χ0v) is 19.1. The molecule has 4 aromatic rings. The smallest absolute Gasteiger partial charge is 0.127 e. The molecule has 0 aliphatic carbocycles. The second kappa shape index (κ2) is 11.1.